The molecule has 0 saturated heterocycles. The minimum absolute atomic E-state index is 0.0272. The number of halogens is 2. The molecule has 0 amide bonds. The first kappa shape index (κ1) is 18.1. The highest BCUT2D eigenvalue weighted by molar-refractivity contribution is 7.22. The van der Waals surface area contributed by atoms with Crippen LogP contribution in [0.5, 0.6) is 0 Å². The first-order valence-corrected chi connectivity index (χ1v) is 9.17. The highest BCUT2D eigenvalue weighted by Gasteiger charge is 2.19. The Labute approximate surface area is 163 Å². The minimum atomic E-state index is -0.687. The van der Waals surface area contributed by atoms with Crippen molar-refractivity contribution in [2.75, 3.05) is 12.4 Å². The SMILES string of the molecule is COC(=O)c1cc(F)c(-c2cccc(F)c2)cc1Nc1nc2ccccc2s1. The molecule has 1 aromatic heterocycles. The van der Waals surface area contributed by atoms with Gasteiger partial charge in [0.2, 0.25) is 0 Å². The molecular weight excluding hydrogens is 382 g/mol. The molecule has 1 heterocycles. The van der Waals surface area contributed by atoms with Crippen molar-refractivity contribution in [2.24, 2.45) is 0 Å². The van der Waals surface area contributed by atoms with Crippen LogP contribution in [0.15, 0.2) is 60.7 Å². The zero-order valence-corrected chi connectivity index (χ0v) is 15.5. The number of hydrogen-bond acceptors (Lipinski definition) is 5. The van der Waals surface area contributed by atoms with Gasteiger partial charge in [-0.25, -0.2) is 18.6 Å². The van der Waals surface area contributed by atoms with Crippen LogP contribution in [0.4, 0.5) is 19.6 Å². The molecule has 1 N–H and O–H groups in total. The van der Waals surface area contributed by atoms with E-state index < -0.39 is 17.6 Å². The molecule has 0 atom stereocenters. The number of nitrogens with one attached hydrogen (secondary N) is 1. The van der Waals surface area contributed by atoms with E-state index in [2.05, 4.69) is 10.3 Å². The van der Waals surface area contributed by atoms with E-state index in [-0.39, 0.29) is 11.1 Å². The summed E-state index contributed by atoms with van der Waals surface area (Å²) >= 11 is 1.40. The smallest absolute Gasteiger partial charge is 0.340 e. The van der Waals surface area contributed by atoms with Crippen LogP contribution >= 0.6 is 11.3 Å². The van der Waals surface area contributed by atoms with Gasteiger partial charge in [-0.15, -0.1) is 0 Å². The first-order valence-electron chi connectivity index (χ1n) is 8.35. The van der Waals surface area contributed by atoms with Gasteiger partial charge in [-0.2, -0.15) is 0 Å². The molecule has 28 heavy (non-hydrogen) atoms. The fraction of sp³-hybridized carbons (Fsp3) is 0.0476. The second kappa shape index (κ2) is 7.36. The maximum absolute atomic E-state index is 14.7. The topological polar surface area (TPSA) is 51.2 Å². The highest BCUT2D eigenvalue weighted by atomic mass is 32.1. The van der Waals surface area contributed by atoms with Gasteiger partial charge in [0.15, 0.2) is 5.13 Å². The average molecular weight is 396 g/mol. The monoisotopic (exact) mass is 396 g/mol. The molecule has 0 saturated carbocycles. The fourth-order valence-corrected chi connectivity index (χ4v) is 3.75. The third-order valence-electron chi connectivity index (χ3n) is 4.18. The van der Waals surface area contributed by atoms with Gasteiger partial charge < -0.3 is 10.1 Å². The van der Waals surface area contributed by atoms with Crippen LogP contribution in [0.3, 0.4) is 0 Å². The second-order valence-electron chi connectivity index (χ2n) is 5.99. The number of para-hydroxylation sites is 1. The molecule has 7 heteroatoms. The second-order valence-corrected chi connectivity index (χ2v) is 7.02. The molecule has 0 aliphatic carbocycles. The summed E-state index contributed by atoms with van der Waals surface area (Å²) in [6.07, 6.45) is 0. The number of fused-ring (bicyclic) bond motifs is 1. The number of esters is 1. The van der Waals surface area contributed by atoms with Crippen molar-refractivity contribution in [1.82, 2.24) is 4.98 Å². The van der Waals surface area contributed by atoms with Crippen LogP contribution in [0.25, 0.3) is 21.3 Å². The molecule has 0 aliphatic heterocycles. The number of carbonyl (C=O) groups is 1. The van der Waals surface area contributed by atoms with Crippen LogP contribution in [0.1, 0.15) is 10.4 Å². The zero-order chi connectivity index (χ0) is 19.7. The summed E-state index contributed by atoms with van der Waals surface area (Å²) < 4.78 is 34.0. The Morgan fingerprint density at radius 1 is 1.07 bits per heavy atom. The van der Waals surface area contributed by atoms with Crippen molar-refractivity contribution in [1.29, 1.82) is 0 Å². The van der Waals surface area contributed by atoms with Crippen molar-refractivity contribution in [3.05, 3.63) is 77.9 Å². The van der Waals surface area contributed by atoms with Crippen LogP contribution in [0, 0.1) is 11.6 Å². The van der Waals surface area contributed by atoms with Gasteiger partial charge in [-0.05, 0) is 42.0 Å². The third kappa shape index (κ3) is 3.44. The number of benzene rings is 3. The van der Waals surface area contributed by atoms with E-state index in [1.807, 2.05) is 24.3 Å². The maximum atomic E-state index is 14.7. The summed E-state index contributed by atoms with van der Waals surface area (Å²) in [7, 11) is 1.22. The standard InChI is InChI=1S/C21H14F2N2O2S/c1-27-20(26)15-10-16(23)14(12-5-4-6-13(22)9-12)11-18(15)25-21-24-17-7-2-3-8-19(17)28-21/h2-11H,1H3,(H,24,25). The lowest BCUT2D eigenvalue weighted by Gasteiger charge is -2.12. The van der Waals surface area contributed by atoms with Gasteiger partial charge in [-0.3, -0.25) is 0 Å². The minimum Gasteiger partial charge on any atom is -0.465 e. The van der Waals surface area contributed by atoms with Crippen molar-refractivity contribution in [3.8, 4) is 11.1 Å². The predicted molar refractivity (Wildman–Crippen MR) is 106 cm³/mol. The maximum Gasteiger partial charge on any atom is 0.340 e. The molecule has 0 aliphatic rings. The van der Waals surface area contributed by atoms with E-state index in [1.165, 1.54) is 42.7 Å². The van der Waals surface area contributed by atoms with Crippen molar-refractivity contribution >= 4 is 38.3 Å². The normalized spacial score (nSPS) is 10.8. The van der Waals surface area contributed by atoms with Gasteiger partial charge in [-0.1, -0.05) is 35.6 Å². The number of carbonyl (C=O) groups excluding carboxylic acids is 1. The summed E-state index contributed by atoms with van der Waals surface area (Å²) in [5.41, 5.74) is 1.69. The summed E-state index contributed by atoms with van der Waals surface area (Å²) in [6, 6.07) is 15.8. The molecule has 140 valence electrons. The van der Waals surface area contributed by atoms with Gasteiger partial charge in [0, 0.05) is 5.56 Å². The lowest BCUT2D eigenvalue weighted by molar-refractivity contribution is 0.0601. The van der Waals surface area contributed by atoms with Crippen LogP contribution in [-0.4, -0.2) is 18.1 Å². The predicted octanol–water partition coefficient (Wildman–Crippen LogP) is 5.77. The Balaban J connectivity index is 1.82. The molecule has 0 radical (unpaired) electrons. The Bertz CT molecular complexity index is 1160. The van der Waals surface area contributed by atoms with Crippen LogP contribution < -0.4 is 5.32 Å². The highest BCUT2D eigenvalue weighted by Crippen LogP contribution is 2.34. The molecule has 4 nitrogen and oxygen atoms in total. The molecular formula is C21H14F2N2O2S. The van der Waals surface area contributed by atoms with E-state index in [1.54, 1.807) is 6.07 Å². The molecule has 4 rings (SSSR count). The van der Waals surface area contributed by atoms with Gasteiger partial charge in [0.05, 0.1) is 28.6 Å². The van der Waals surface area contributed by atoms with E-state index in [4.69, 9.17) is 4.74 Å². The Hall–Kier alpha value is -3.32. The summed E-state index contributed by atoms with van der Waals surface area (Å²) in [5, 5.41) is 3.62. The quantitative estimate of drug-likeness (QED) is 0.445. The lowest BCUT2D eigenvalue weighted by Crippen LogP contribution is -2.07. The lowest BCUT2D eigenvalue weighted by atomic mass is 10.0. The van der Waals surface area contributed by atoms with Crippen LogP contribution in [-0.2, 0) is 4.74 Å². The van der Waals surface area contributed by atoms with Crippen molar-refractivity contribution < 1.29 is 18.3 Å². The number of anilines is 2. The molecule has 0 bridgehead atoms. The van der Waals surface area contributed by atoms with Gasteiger partial charge >= 0.3 is 5.97 Å². The Kier molecular flexibility index (Phi) is 4.75. The van der Waals surface area contributed by atoms with Gasteiger partial charge in [0.1, 0.15) is 11.6 Å². The summed E-state index contributed by atoms with van der Waals surface area (Å²) in [5.74, 6) is -1.82. The number of aromatic nitrogens is 1. The zero-order valence-electron chi connectivity index (χ0n) is 14.7. The summed E-state index contributed by atoms with van der Waals surface area (Å²) in [6.45, 7) is 0. The molecule has 0 fully saturated rings. The Morgan fingerprint density at radius 3 is 2.64 bits per heavy atom. The largest absolute Gasteiger partial charge is 0.465 e. The van der Waals surface area contributed by atoms with Crippen molar-refractivity contribution in [3.63, 3.8) is 0 Å². The fourth-order valence-electron chi connectivity index (χ4n) is 2.87. The number of hydrogen-bond donors (Lipinski definition) is 1. The number of ether oxygens (including phenoxy) is 1. The van der Waals surface area contributed by atoms with E-state index in [9.17, 15) is 13.6 Å². The number of rotatable bonds is 4. The molecule has 0 spiro atoms. The van der Waals surface area contributed by atoms with E-state index >= 15 is 0 Å². The summed E-state index contributed by atoms with van der Waals surface area (Å²) in [4.78, 5) is 16.6. The first-order chi connectivity index (χ1) is 13.5. The molecule has 3 aromatic carbocycles. The van der Waals surface area contributed by atoms with E-state index in [0.29, 0.717) is 16.4 Å². The average Bonchev–Trinajstić information content (AvgIpc) is 3.10. The Morgan fingerprint density at radius 2 is 1.89 bits per heavy atom. The number of thiazole rings is 1. The van der Waals surface area contributed by atoms with E-state index in [0.717, 1.165) is 16.3 Å². The number of methoxy groups -OCH3 is 1. The van der Waals surface area contributed by atoms with Crippen molar-refractivity contribution in [2.45, 2.75) is 0 Å². The van der Waals surface area contributed by atoms with Crippen LogP contribution in [0.2, 0.25) is 0 Å². The number of nitrogens with zero attached hydrogens (tertiary/aromatic N) is 1. The molecule has 4 aromatic rings. The third-order valence-corrected chi connectivity index (χ3v) is 5.14. The van der Waals surface area contributed by atoms with Gasteiger partial charge in [0.25, 0.3) is 0 Å². The molecule has 0 unspecified atom stereocenters.